The van der Waals surface area contributed by atoms with Crippen LogP contribution < -0.4 is 10.9 Å². The highest BCUT2D eigenvalue weighted by atomic mass is 19.4. The Morgan fingerprint density at radius 2 is 2.09 bits per heavy atom. The summed E-state index contributed by atoms with van der Waals surface area (Å²) >= 11 is 0. The maximum absolute atomic E-state index is 12.4. The number of fused-ring (bicyclic) bond motifs is 1. The van der Waals surface area contributed by atoms with Gasteiger partial charge in [-0.15, -0.1) is 0 Å². The number of alkyl halides is 3. The van der Waals surface area contributed by atoms with E-state index in [1.807, 2.05) is 0 Å². The number of nitrogens with one attached hydrogen (secondary N) is 3. The first kappa shape index (κ1) is 14.1. The number of halogens is 3. The molecule has 2 heterocycles. The van der Waals surface area contributed by atoms with Crippen LogP contribution in [0.15, 0.2) is 35.4 Å². The number of rotatable bonds is 3. The van der Waals surface area contributed by atoms with E-state index in [9.17, 15) is 18.0 Å². The van der Waals surface area contributed by atoms with Gasteiger partial charge in [0.05, 0.1) is 12.7 Å². The monoisotopic (exact) mass is 309 g/mol. The van der Waals surface area contributed by atoms with Crippen molar-refractivity contribution >= 4 is 22.8 Å². The SMILES string of the molecule is O=c1[nH]c(Nc2cccc(CC(F)(F)F)c2)nc2nc[nH]c12. The number of hydrogen-bond acceptors (Lipinski definition) is 4. The first-order valence-electron chi connectivity index (χ1n) is 6.27. The number of anilines is 2. The second-order valence-corrected chi connectivity index (χ2v) is 4.63. The lowest BCUT2D eigenvalue weighted by atomic mass is 10.1. The van der Waals surface area contributed by atoms with E-state index in [1.54, 1.807) is 6.07 Å². The van der Waals surface area contributed by atoms with Crippen molar-refractivity contribution in [2.45, 2.75) is 12.6 Å². The molecule has 0 aliphatic heterocycles. The first-order chi connectivity index (χ1) is 10.4. The number of imidazole rings is 1. The molecule has 0 aliphatic rings. The highest BCUT2D eigenvalue weighted by molar-refractivity contribution is 5.70. The van der Waals surface area contributed by atoms with Gasteiger partial charge in [0.2, 0.25) is 5.95 Å². The van der Waals surface area contributed by atoms with Gasteiger partial charge in [0.1, 0.15) is 0 Å². The van der Waals surface area contributed by atoms with Crippen LogP contribution in [0.25, 0.3) is 11.2 Å². The average molecular weight is 309 g/mol. The van der Waals surface area contributed by atoms with Gasteiger partial charge < -0.3 is 10.3 Å². The lowest BCUT2D eigenvalue weighted by molar-refractivity contribution is -0.127. The Morgan fingerprint density at radius 3 is 2.86 bits per heavy atom. The van der Waals surface area contributed by atoms with Gasteiger partial charge in [0, 0.05) is 5.69 Å². The fourth-order valence-corrected chi connectivity index (χ4v) is 2.03. The summed E-state index contributed by atoms with van der Waals surface area (Å²) < 4.78 is 37.2. The smallest absolute Gasteiger partial charge is 0.339 e. The zero-order valence-corrected chi connectivity index (χ0v) is 11.0. The predicted octanol–water partition coefficient (Wildman–Crippen LogP) is 2.49. The summed E-state index contributed by atoms with van der Waals surface area (Å²) in [6.07, 6.45) is -3.97. The summed E-state index contributed by atoms with van der Waals surface area (Å²) in [6, 6.07) is 5.80. The van der Waals surface area contributed by atoms with E-state index in [2.05, 4.69) is 25.3 Å². The molecule has 3 N–H and O–H groups in total. The van der Waals surface area contributed by atoms with Crippen LogP contribution >= 0.6 is 0 Å². The van der Waals surface area contributed by atoms with Crippen molar-refractivity contribution in [1.29, 1.82) is 0 Å². The summed E-state index contributed by atoms with van der Waals surface area (Å²) in [5, 5.41) is 2.76. The van der Waals surface area contributed by atoms with Crippen LogP contribution in [-0.4, -0.2) is 26.1 Å². The number of benzene rings is 1. The maximum Gasteiger partial charge on any atom is 0.393 e. The van der Waals surface area contributed by atoms with Crippen molar-refractivity contribution in [2.24, 2.45) is 0 Å². The lowest BCUT2D eigenvalue weighted by Crippen LogP contribution is -2.12. The van der Waals surface area contributed by atoms with Crippen molar-refractivity contribution in [3.8, 4) is 0 Å². The molecule has 22 heavy (non-hydrogen) atoms. The summed E-state index contributed by atoms with van der Waals surface area (Å²) in [5.74, 6) is 0.105. The average Bonchev–Trinajstić information content (AvgIpc) is 2.85. The molecule has 6 nitrogen and oxygen atoms in total. The standard InChI is InChI=1S/C13H10F3N5O/c14-13(15,16)5-7-2-1-3-8(4-7)19-12-20-10-9(11(22)21-12)17-6-18-10/h1-4,6H,5H2,(H3,17,18,19,20,21,22). The van der Waals surface area contributed by atoms with Crippen LogP contribution in [-0.2, 0) is 6.42 Å². The highest BCUT2D eigenvalue weighted by Gasteiger charge is 2.27. The number of aromatic amines is 2. The molecule has 3 aromatic rings. The molecule has 0 unspecified atom stereocenters. The summed E-state index contributed by atoms with van der Waals surface area (Å²) in [5.41, 5.74) is 0.533. The lowest BCUT2D eigenvalue weighted by Gasteiger charge is -2.09. The zero-order chi connectivity index (χ0) is 15.7. The summed E-state index contributed by atoms with van der Waals surface area (Å²) in [4.78, 5) is 24.8. The minimum atomic E-state index is -4.28. The Morgan fingerprint density at radius 1 is 1.27 bits per heavy atom. The molecule has 0 saturated carbocycles. The molecule has 9 heteroatoms. The molecule has 0 bridgehead atoms. The van der Waals surface area contributed by atoms with Gasteiger partial charge in [0.25, 0.3) is 5.56 Å². The Kier molecular flexibility index (Phi) is 3.32. The van der Waals surface area contributed by atoms with E-state index in [0.29, 0.717) is 5.69 Å². The second kappa shape index (κ2) is 5.17. The molecule has 0 saturated heterocycles. The molecule has 0 atom stereocenters. The maximum atomic E-state index is 12.4. The molecule has 0 aliphatic carbocycles. The van der Waals surface area contributed by atoms with E-state index >= 15 is 0 Å². The minimum absolute atomic E-state index is 0.105. The van der Waals surface area contributed by atoms with Crippen LogP contribution in [0.3, 0.4) is 0 Å². The number of hydrogen-bond donors (Lipinski definition) is 3. The second-order valence-electron chi connectivity index (χ2n) is 4.63. The van der Waals surface area contributed by atoms with Gasteiger partial charge in [-0.25, -0.2) is 4.98 Å². The Hall–Kier alpha value is -2.84. The quantitative estimate of drug-likeness (QED) is 0.694. The van der Waals surface area contributed by atoms with Gasteiger partial charge in [-0.1, -0.05) is 12.1 Å². The largest absolute Gasteiger partial charge is 0.393 e. The van der Waals surface area contributed by atoms with E-state index in [0.717, 1.165) is 0 Å². The molecule has 3 rings (SSSR count). The third-order valence-electron chi connectivity index (χ3n) is 2.89. The molecule has 0 spiro atoms. The number of aromatic nitrogens is 4. The Bertz CT molecular complexity index is 868. The molecule has 0 amide bonds. The van der Waals surface area contributed by atoms with Gasteiger partial charge in [-0.2, -0.15) is 18.2 Å². The van der Waals surface area contributed by atoms with Gasteiger partial charge in [-0.3, -0.25) is 9.78 Å². The topological polar surface area (TPSA) is 86.5 Å². The van der Waals surface area contributed by atoms with Crippen LogP contribution in [0.5, 0.6) is 0 Å². The third-order valence-corrected chi connectivity index (χ3v) is 2.89. The highest BCUT2D eigenvalue weighted by Crippen LogP contribution is 2.23. The van der Waals surface area contributed by atoms with E-state index in [-0.39, 0.29) is 22.7 Å². The van der Waals surface area contributed by atoms with Crippen molar-refractivity contribution in [3.63, 3.8) is 0 Å². The van der Waals surface area contributed by atoms with Crippen molar-refractivity contribution in [3.05, 3.63) is 46.5 Å². The van der Waals surface area contributed by atoms with E-state index < -0.39 is 18.2 Å². The predicted molar refractivity (Wildman–Crippen MR) is 74.0 cm³/mol. The van der Waals surface area contributed by atoms with Gasteiger partial charge >= 0.3 is 6.18 Å². The Balaban J connectivity index is 1.88. The number of H-pyrrole nitrogens is 2. The fraction of sp³-hybridized carbons (Fsp3) is 0.154. The van der Waals surface area contributed by atoms with Crippen molar-refractivity contribution < 1.29 is 13.2 Å². The molecule has 1 aromatic carbocycles. The first-order valence-corrected chi connectivity index (χ1v) is 6.27. The van der Waals surface area contributed by atoms with E-state index in [4.69, 9.17) is 0 Å². The molecular formula is C13H10F3N5O. The van der Waals surface area contributed by atoms with Crippen molar-refractivity contribution in [2.75, 3.05) is 5.32 Å². The normalized spacial score (nSPS) is 11.8. The third kappa shape index (κ3) is 3.08. The number of nitrogens with zero attached hydrogens (tertiary/aromatic N) is 2. The van der Waals surface area contributed by atoms with Gasteiger partial charge in [-0.05, 0) is 17.7 Å². The minimum Gasteiger partial charge on any atom is -0.339 e. The zero-order valence-electron chi connectivity index (χ0n) is 11.0. The molecule has 114 valence electrons. The summed E-state index contributed by atoms with van der Waals surface area (Å²) in [6.45, 7) is 0. The Labute approximate surface area is 121 Å². The van der Waals surface area contributed by atoms with Gasteiger partial charge in [0.15, 0.2) is 11.2 Å². The van der Waals surface area contributed by atoms with Crippen molar-refractivity contribution in [1.82, 2.24) is 19.9 Å². The molecular weight excluding hydrogens is 299 g/mol. The molecule has 0 radical (unpaired) electrons. The summed E-state index contributed by atoms with van der Waals surface area (Å²) in [7, 11) is 0. The molecule has 0 fully saturated rings. The fourth-order valence-electron chi connectivity index (χ4n) is 2.03. The van der Waals surface area contributed by atoms with Crippen LogP contribution in [0.2, 0.25) is 0 Å². The van der Waals surface area contributed by atoms with E-state index in [1.165, 1.54) is 24.5 Å². The molecule has 2 aromatic heterocycles. The van der Waals surface area contributed by atoms with Crippen LogP contribution in [0.1, 0.15) is 5.56 Å². The van der Waals surface area contributed by atoms with Crippen LogP contribution in [0.4, 0.5) is 24.8 Å². The van der Waals surface area contributed by atoms with Crippen LogP contribution in [0, 0.1) is 0 Å².